The maximum atomic E-state index is 12.2. The minimum absolute atomic E-state index is 0.132. The molecule has 2 aromatic carbocycles. The number of methoxy groups -OCH3 is 1. The Hall–Kier alpha value is -2.25. The van der Waals surface area contributed by atoms with Gasteiger partial charge in [0, 0.05) is 18.0 Å². The maximum Gasteiger partial charge on any atom is 0.232 e. The van der Waals surface area contributed by atoms with Gasteiger partial charge in [0.15, 0.2) is 0 Å². The van der Waals surface area contributed by atoms with Gasteiger partial charge in [-0.15, -0.1) is 0 Å². The number of amides is 1. The minimum atomic E-state index is -3.45. The second kappa shape index (κ2) is 9.80. The van der Waals surface area contributed by atoms with Crippen molar-refractivity contribution in [1.82, 2.24) is 5.32 Å². The van der Waals surface area contributed by atoms with E-state index in [4.69, 9.17) is 16.3 Å². The molecular weight excluding hydrogens is 400 g/mol. The molecule has 1 amide bonds. The van der Waals surface area contributed by atoms with E-state index >= 15 is 0 Å². The fourth-order valence-electron chi connectivity index (χ4n) is 2.77. The smallest absolute Gasteiger partial charge is 0.232 e. The molecule has 0 saturated carbocycles. The van der Waals surface area contributed by atoms with Gasteiger partial charge < -0.3 is 10.1 Å². The van der Waals surface area contributed by atoms with Crippen LogP contribution in [0.25, 0.3) is 0 Å². The van der Waals surface area contributed by atoms with Crippen LogP contribution in [0.3, 0.4) is 0 Å². The predicted octanol–water partition coefficient (Wildman–Crippen LogP) is 3.77. The van der Waals surface area contributed by atoms with Crippen molar-refractivity contribution >= 4 is 33.2 Å². The van der Waals surface area contributed by atoms with Crippen LogP contribution in [-0.4, -0.2) is 34.2 Å². The van der Waals surface area contributed by atoms with Crippen molar-refractivity contribution in [3.8, 4) is 5.75 Å². The summed E-state index contributed by atoms with van der Waals surface area (Å²) in [5.41, 5.74) is 1.49. The van der Waals surface area contributed by atoms with Crippen molar-refractivity contribution in [1.29, 1.82) is 0 Å². The van der Waals surface area contributed by atoms with Crippen LogP contribution >= 0.6 is 11.6 Å². The topological polar surface area (TPSA) is 75.7 Å². The van der Waals surface area contributed by atoms with Gasteiger partial charge in [0.1, 0.15) is 5.75 Å². The lowest BCUT2D eigenvalue weighted by Crippen LogP contribution is -2.32. The number of sulfonamides is 1. The second-order valence-electron chi connectivity index (χ2n) is 6.48. The van der Waals surface area contributed by atoms with Gasteiger partial charge in [0.05, 0.1) is 25.1 Å². The van der Waals surface area contributed by atoms with E-state index in [-0.39, 0.29) is 24.9 Å². The number of hydrogen-bond acceptors (Lipinski definition) is 4. The third kappa shape index (κ3) is 6.42. The summed E-state index contributed by atoms with van der Waals surface area (Å²) in [5.74, 6) is 0.623. The summed E-state index contributed by atoms with van der Waals surface area (Å²) in [5, 5.41) is 3.46. The SMILES string of the molecule is COc1ccc([C@@H](C)NC(=O)CCCN(c2ccc(Cl)cc2)S(C)(=O)=O)cc1. The largest absolute Gasteiger partial charge is 0.497 e. The molecule has 0 heterocycles. The molecule has 0 aliphatic heterocycles. The van der Waals surface area contributed by atoms with E-state index in [0.29, 0.717) is 17.1 Å². The van der Waals surface area contributed by atoms with Crippen LogP contribution < -0.4 is 14.4 Å². The molecule has 0 radical (unpaired) electrons. The van der Waals surface area contributed by atoms with Crippen LogP contribution in [0.5, 0.6) is 5.75 Å². The van der Waals surface area contributed by atoms with Crippen LogP contribution in [0.4, 0.5) is 5.69 Å². The van der Waals surface area contributed by atoms with E-state index < -0.39 is 10.0 Å². The number of carbonyl (C=O) groups is 1. The van der Waals surface area contributed by atoms with Crippen LogP contribution in [-0.2, 0) is 14.8 Å². The zero-order valence-corrected chi connectivity index (χ0v) is 17.8. The molecule has 0 saturated heterocycles. The van der Waals surface area contributed by atoms with Crippen molar-refractivity contribution in [3.05, 3.63) is 59.1 Å². The first-order chi connectivity index (χ1) is 13.2. The molecule has 0 aromatic heterocycles. The standard InChI is InChI=1S/C20H25ClN2O4S/c1-15(16-6-12-19(27-2)13-7-16)22-20(24)5-4-14-23(28(3,25)26)18-10-8-17(21)9-11-18/h6-13,15H,4-5,14H2,1-3H3,(H,22,24)/t15-/m1/s1. The maximum absolute atomic E-state index is 12.2. The van der Waals surface area contributed by atoms with Crippen molar-refractivity contribution in [2.45, 2.75) is 25.8 Å². The van der Waals surface area contributed by atoms with Crippen LogP contribution in [0, 0.1) is 0 Å². The number of carbonyl (C=O) groups excluding carboxylic acids is 1. The highest BCUT2D eigenvalue weighted by atomic mass is 35.5. The Balaban J connectivity index is 1.90. The number of halogens is 1. The normalized spacial score (nSPS) is 12.3. The predicted molar refractivity (Wildman–Crippen MR) is 112 cm³/mol. The molecule has 1 N–H and O–H groups in total. The third-order valence-electron chi connectivity index (χ3n) is 4.27. The number of nitrogens with zero attached hydrogens (tertiary/aromatic N) is 1. The first kappa shape index (κ1) is 22.0. The van der Waals surface area contributed by atoms with E-state index in [1.807, 2.05) is 31.2 Å². The Bertz CT molecular complexity index is 883. The highest BCUT2D eigenvalue weighted by Gasteiger charge is 2.18. The zero-order chi connectivity index (χ0) is 20.7. The molecule has 2 rings (SSSR count). The van der Waals surface area contributed by atoms with Crippen molar-refractivity contribution < 1.29 is 17.9 Å². The first-order valence-electron chi connectivity index (χ1n) is 8.87. The third-order valence-corrected chi connectivity index (χ3v) is 5.72. The highest BCUT2D eigenvalue weighted by molar-refractivity contribution is 7.92. The summed E-state index contributed by atoms with van der Waals surface area (Å²) in [7, 11) is -1.85. The highest BCUT2D eigenvalue weighted by Crippen LogP contribution is 2.21. The minimum Gasteiger partial charge on any atom is -0.497 e. The zero-order valence-electron chi connectivity index (χ0n) is 16.2. The molecule has 6 nitrogen and oxygen atoms in total. The van der Waals surface area contributed by atoms with Crippen LogP contribution in [0.2, 0.25) is 5.02 Å². The van der Waals surface area contributed by atoms with Gasteiger partial charge in [0.25, 0.3) is 0 Å². The number of hydrogen-bond donors (Lipinski definition) is 1. The molecule has 0 unspecified atom stereocenters. The average Bonchev–Trinajstić information content (AvgIpc) is 2.65. The lowest BCUT2D eigenvalue weighted by atomic mass is 10.1. The lowest BCUT2D eigenvalue weighted by molar-refractivity contribution is -0.121. The molecule has 0 fully saturated rings. The van der Waals surface area contributed by atoms with Gasteiger partial charge in [-0.2, -0.15) is 0 Å². The fourth-order valence-corrected chi connectivity index (χ4v) is 3.86. The number of nitrogens with one attached hydrogen (secondary N) is 1. The summed E-state index contributed by atoms with van der Waals surface area (Å²) in [6.07, 6.45) is 1.77. The van der Waals surface area contributed by atoms with Gasteiger partial charge in [-0.3, -0.25) is 9.10 Å². The molecule has 152 valence electrons. The number of ether oxygens (including phenoxy) is 1. The van der Waals surface area contributed by atoms with E-state index in [1.165, 1.54) is 4.31 Å². The molecular formula is C20H25ClN2O4S. The quantitative estimate of drug-likeness (QED) is 0.664. The summed E-state index contributed by atoms with van der Waals surface area (Å²) in [6, 6.07) is 13.9. The van der Waals surface area contributed by atoms with Gasteiger partial charge in [0.2, 0.25) is 15.9 Å². The Morgan fingerprint density at radius 2 is 1.75 bits per heavy atom. The lowest BCUT2D eigenvalue weighted by Gasteiger charge is -2.22. The van der Waals surface area contributed by atoms with Crippen LogP contribution in [0.15, 0.2) is 48.5 Å². The molecule has 1 atom stereocenters. The molecule has 8 heteroatoms. The first-order valence-corrected chi connectivity index (χ1v) is 11.1. The summed E-state index contributed by atoms with van der Waals surface area (Å²) < 4.78 is 30.6. The molecule has 0 bridgehead atoms. The fraction of sp³-hybridized carbons (Fsp3) is 0.350. The van der Waals surface area contributed by atoms with E-state index in [1.54, 1.807) is 31.4 Å². The van der Waals surface area contributed by atoms with Gasteiger partial charge in [-0.05, 0) is 55.3 Å². The summed E-state index contributed by atoms with van der Waals surface area (Å²) in [6.45, 7) is 2.11. The number of anilines is 1. The van der Waals surface area contributed by atoms with Crippen molar-refractivity contribution in [3.63, 3.8) is 0 Å². The number of rotatable bonds is 9. The molecule has 0 aliphatic carbocycles. The van der Waals surface area contributed by atoms with E-state index in [2.05, 4.69) is 5.32 Å². The molecule has 28 heavy (non-hydrogen) atoms. The molecule has 0 spiro atoms. The Morgan fingerprint density at radius 3 is 2.29 bits per heavy atom. The van der Waals surface area contributed by atoms with Crippen LogP contribution in [0.1, 0.15) is 31.4 Å². The summed E-state index contributed by atoms with van der Waals surface area (Å²) in [4.78, 5) is 12.2. The van der Waals surface area contributed by atoms with Gasteiger partial charge in [-0.25, -0.2) is 8.42 Å². The Morgan fingerprint density at radius 1 is 1.14 bits per heavy atom. The van der Waals surface area contributed by atoms with Crippen molar-refractivity contribution in [2.75, 3.05) is 24.2 Å². The Kier molecular flexibility index (Phi) is 7.71. The van der Waals surface area contributed by atoms with E-state index in [9.17, 15) is 13.2 Å². The van der Waals surface area contributed by atoms with Gasteiger partial charge in [-0.1, -0.05) is 23.7 Å². The summed E-state index contributed by atoms with van der Waals surface area (Å²) >= 11 is 5.86. The van der Waals surface area contributed by atoms with Gasteiger partial charge >= 0.3 is 0 Å². The molecule has 2 aromatic rings. The molecule has 0 aliphatic rings. The Labute approximate surface area is 171 Å². The number of benzene rings is 2. The second-order valence-corrected chi connectivity index (χ2v) is 8.82. The average molecular weight is 425 g/mol. The monoisotopic (exact) mass is 424 g/mol. The van der Waals surface area contributed by atoms with Crippen molar-refractivity contribution in [2.24, 2.45) is 0 Å². The van der Waals surface area contributed by atoms with E-state index in [0.717, 1.165) is 17.6 Å².